The van der Waals surface area contributed by atoms with Crippen molar-refractivity contribution in [2.75, 3.05) is 6.54 Å². The highest BCUT2D eigenvalue weighted by atomic mass is 16.4. The summed E-state index contributed by atoms with van der Waals surface area (Å²) >= 11 is 0. The van der Waals surface area contributed by atoms with Crippen LogP contribution >= 0.6 is 0 Å². The predicted octanol–water partition coefficient (Wildman–Crippen LogP) is -3.02. The third kappa shape index (κ3) is 15.0. The van der Waals surface area contributed by atoms with Gasteiger partial charge in [0.1, 0.15) is 18.1 Å². The first-order valence-corrected chi connectivity index (χ1v) is 11.6. The molecule has 0 aromatic heterocycles. The van der Waals surface area contributed by atoms with Crippen LogP contribution in [0.25, 0.3) is 0 Å². The zero-order chi connectivity index (χ0) is 28.5. The molecule has 16 nitrogen and oxygen atoms in total. The van der Waals surface area contributed by atoms with Crippen molar-refractivity contribution in [3.05, 3.63) is 0 Å². The second-order valence-corrected chi connectivity index (χ2v) is 8.28. The van der Waals surface area contributed by atoms with Crippen molar-refractivity contribution >= 4 is 41.5 Å². The first-order chi connectivity index (χ1) is 17.3. The van der Waals surface area contributed by atoms with Gasteiger partial charge in [-0.3, -0.25) is 28.8 Å². The fraction of sp³-hybridized carbons (Fsp3) is 0.667. The van der Waals surface area contributed by atoms with Crippen LogP contribution in [0.15, 0.2) is 0 Å². The van der Waals surface area contributed by atoms with Crippen LogP contribution in [0.2, 0.25) is 0 Å². The largest absolute Gasteiger partial charge is 0.481 e. The number of amides is 4. The lowest BCUT2D eigenvalue weighted by Gasteiger charge is -2.25. The van der Waals surface area contributed by atoms with Crippen molar-refractivity contribution in [1.29, 1.82) is 0 Å². The molecular weight excluding hydrogens is 496 g/mol. The number of carbonyl (C=O) groups excluding carboxylic acids is 4. The van der Waals surface area contributed by atoms with Gasteiger partial charge in [-0.05, 0) is 38.6 Å². The van der Waals surface area contributed by atoms with Gasteiger partial charge in [0.2, 0.25) is 23.6 Å². The fourth-order valence-corrected chi connectivity index (χ4v) is 3.08. The normalized spacial score (nSPS) is 13.9. The van der Waals surface area contributed by atoms with Gasteiger partial charge in [-0.15, -0.1) is 0 Å². The van der Waals surface area contributed by atoms with E-state index in [1.54, 1.807) is 0 Å². The first-order valence-electron chi connectivity index (χ1n) is 11.6. The van der Waals surface area contributed by atoms with Crippen LogP contribution in [-0.2, 0) is 33.6 Å². The Hall–Kier alpha value is -3.79. The van der Waals surface area contributed by atoms with Gasteiger partial charge >= 0.3 is 17.9 Å². The number of carbonyl (C=O) groups is 7. The molecule has 0 aromatic carbocycles. The number of nitrogens with two attached hydrogens (primary N) is 3. The first kappa shape index (κ1) is 33.2. The van der Waals surface area contributed by atoms with Crippen LogP contribution in [-0.4, -0.2) is 87.6 Å². The highest BCUT2D eigenvalue weighted by Crippen LogP contribution is 2.06. The summed E-state index contributed by atoms with van der Waals surface area (Å²) in [5.41, 5.74) is 16.3. The van der Waals surface area contributed by atoms with E-state index in [2.05, 4.69) is 16.0 Å². The molecule has 0 saturated carbocycles. The summed E-state index contributed by atoms with van der Waals surface area (Å²) in [4.78, 5) is 82.5. The number of unbranched alkanes of at least 4 members (excludes halogenated alkanes) is 1. The predicted molar refractivity (Wildman–Crippen MR) is 126 cm³/mol. The summed E-state index contributed by atoms with van der Waals surface area (Å²) in [6.45, 7) is 0.395. The molecule has 37 heavy (non-hydrogen) atoms. The maximum atomic E-state index is 12.9. The van der Waals surface area contributed by atoms with E-state index >= 15 is 0 Å². The monoisotopic (exact) mass is 532 g/mol. The van der Waals surface area contributed by atoms with E-state index in [1.807, 2.05) is 0 Å². The molecule has 0 rings (SSSR count). The summed E-state index contributed by atoms with van der Waals surface area (Å²) in [5, 5.41) is 33.7. The highest BCUT2D eigenvalue weighted by molar-refractivity contribution is 5.94. The van der Waals surface area contributed by atoms with Crippen molar-refractivity contribution in [3.63, 3.8) is 0 Å². The summed E-state index contributed by atoms with van der Waals surface area (Å²) in [5.74, 6) is -7.67. The smallest absolute Gasteiger partial charge is 0.326 e. The van der Waals surface area contributed by atoms with E-state index < -0.39 is 85.0 Å². The van der Waals surface area contributed by atoms with Gasteiger partial charge in [0.05, 0.1) is 6.04 Å². The number of hydrogen-bond donors (Lipinski definition) is 9. The quantitative estimate of drug-likeness (QED) is 0.0708. The Morgan fingerprint density at radius 2 is 1.05 bits per heavy atom. The van der Waals surface area contributed by atoms with Crippen LogP contribution in [0, 0.1) is 0 Å². The minimum Gasteiger partial charge on any atom is -0.481 e. The van der Waals surface area contributed by atoms with Gasteiger partial charge in [-0.2, -0.15) is 0 Å². The van der Waals surface area contributed by atoms with Gasteiger partial charge in [-0.1, -0.05) is 6.42 Å². The lowest BCUT2D eigenvalue weighted by molar-refractivity contribution is -0.143. The fourth-order valence-electron chi connectivity index (χ4n) is 3.08. The minimum absolute atomic E-state index is 0.257. The summed E-state index contributed by atoms with van der Waals surface area (Å²) < 4.78 is 0. The van der Waals surface area contributed by atoms with E-state index in [1.165, 1.54) is 0 Å². The average Bonchev–Trinajstić information content (AvgIpc) is 2.80. The van der Waals surface area contributed by atoms with E-state index in [0.717, 1.165) is 0 Å². The second kappa shape index (κ2) is 17.6. The van der Waals surface area contributed by atoms with Crippen molar-refractivity contribution < 1.29 is 48.9 Å². The van der Waals surface area contributed by atoms with Crippen LogP contribution in [0.5, 0.6) is 0 Å². The SMILES string of the molecule is NCCCCC(N)C(=O)NC(CCC(=O)O)C(=O)NC(CCC(N)=O)C(=O)NC(CCC(=O)O)C(=O)O. The van der Waals surface area contributed by atoms with E-state index in [-0.39, 0.29) is 25.7 Å². The summed E-state index contributed by atoms with van der Waals surface area (Å²) in [6.07, 6.45) is -1.22. The third-order valence-corrected chi connectivity index (χ3v) is 5.16. The minimum atomic E-state index is -1.61. The Labute approximate surface area is 212 Å². The maximum Gasteiger partial charge on any atom is 0.326 e. The Morgan fingerprint density at radius 3 is 1.49 bits per heavy atom. The van der Waals surface area contributed by atoms with Crippen molar-refractivity contribution in [2.24, 2.45) is 17.2 Å². The molecule has 4 amide bonds. The number of carboxylic acids is 3. The zero-order valence-corrected chi connectivity index (χ0v) is 20.3. The highest BCUT2D eigenvalue weighted by Gasteiger charge is 2.31. The Balaban J connectivity index is 5.59. The maximum absolute atomic E-state index is 12.9. The Morgan fingerprint density at radius 1 is 0.622 bits per heavy atom. The second-order valence-electron chi connectivity index (χ2n) is 8.28. The number of nitrogens with one attached hydrogen (secondary N) is 3. The Kier molecular flexibility index (Phi) is 15.8. The van der Waals surface area contributed by atoms with Gasteiger partial charge in [0, 0.05) is 19.3 Å². The lowest BCUT2D eigenvalue weighted by Crippen LogP contribution is -2.57. The molecule has 0 saturated heterocycles. The zero-order valence-electron chi connectivity index (χ0n) is 20.3. The van der Waals surface area contributed by atoms with E-state index in [4.69, 9.17) is 27.4 Å². The lowest BCUT2D eigenvalue weighted by atomic mass is 10.0. The van der Waals surface area contributed by atoms with Crippen molar-refractivity contribution in [2.45, 2.75) is 82.0 Å². The standard InChI is InChI=1S/C21H36N6O10/c22-10-2-1-3-11(23)18(33)25-13(5-8-16(29)30)19(34)26-12(4-7-15(24)28)20(35)27-14(21(36)37)6-9-17(31)32/h11-14H,1-10,22-23H2,(H2,24,28)(H,25,33)(H,26,34)(H,27,35)(H,29,30)(H,31,32)(H,36,37). The van der Waals surface area contributed by atoms with Crippen LogP contribution in [0.3, 0.4) is 0 Å². The summed E-state index contributed by atoms with van der Waals surface area (Å²) in [7, 11) is 0. The van der Waals surface area contributed by atoms with E-state index in [9.17, 15) is 38.7 Å². The van der Waals surface area contributed by atoms with Gasteiger partial charge in [0.15, 0.2) is 0 Å². The van der Waals surface area contributed by atoms with Crippen molar-refractivity contribution in [3.8, 4) is 0 Å². The van der Waals surface area contributed by atoms with Gasteiger partial charge in [-0.25, -0.2) is 4.79 Å². The summed E-state index contributed by atoms with van der Waals surface area (Å²) in [6, 6.07) is -5.54. The molecule has 12 N–H and O–H groups in total. The molecule has 0 radical (unpaired) electrons. The molecule has 0 aromatic rings. The molecule has 0 heterocycles. The molecule has 4 unspecified atom stereocenters. The van der Waals surface area contributed by atoms with Gasteiger partial charge in [0.25, 0.3) is 0 Å². The Bertz CT molecular complexity index is 837. The molecule has 0 fully saturated rings. The number of rotatable bonds is 20. The molecule has 0 aliphatic carbocycles. The van der Waals surface area contributed by atoms with Gasteiger partial charge < -0.3 is 48.5 Å². The topological polar surface area (TPSA) is 294 Å². The molecular formula is C21H36N6O10. The molecule has 0 bridgehead atoms. The molecule has 4 atom stereocenters. The van der Waals surface area contributed by atoms with Crippen molar-refractivity contribution in [1.82, 2.24) is 16.0 Å². The van der Waals surface area contributed by atoms with Crippen LogP contribution in [0.1, 0.15) is 57.8 Å². The third-order valence-electron chi connectivity index (χ3n) is 5.16. The molecule has 16 heteroatoms. The van der Waals surface area contributed by atoms with E-state index in [0.29, 0.717) is 19.4 Å². The number of hydrogen-bond acceptors (Lipinski definition) is 9. The number of aliphatic carboxylic acids is 3. The van der Waals surface area contributed by atoms with Crippen LogP contribution in [0.4, 0.5) is 0 Å². The molecule has 210 valence electrons. The average molecular weight is 533 g/mol. The molecule has 0 aliphatic rings. The number of primary amides is 1. The van der Waals surface area contributed by atoms with Crippen LogP contribution < -0.4 is 33.2 Å². The number of carboxylic acid groups (broad SMARTS) is 3. The molecule has 0 spiro atoms. The molecule has 0 aliphatic heterocycles.